The molecule has 4 N–H and O–H groups in total. The van der Waals surface area contributed by atoms with Gasteiger partial charge in [0.1, 0.15) is 0 Å². The second-order valence-electron chi connectivity index (χ2n) is 3.18. The Labute approximate surface area is 78.7 Å². The molecule has 72 valence electrons. The summed E-state index contributed by atoms with van der Waals surface area (Å²) in [7, 11) is 1.64. The van der Waals surface area contributed by atoms with E-state index in [2.05, 4.69) is 0 Å². The van der Waals surface area contributed by atoms with Crippen LogP contribution in [0.1, 0.15) is 17.2 Å². The third kappa shape index (κ3) is 2.44. The molecule has 0 aliphatic carbocycles. The molecule has 0 aliphatic heterocycles. The van der Waals surface area contributed by atoms with Crippen LogP contribution in [0.4, 0.5) is 5.69 Å². The maximum atomic E-state index is 5.86. The molecule has 0 aromatic heterocycles. The average Bonchev–Trinajstić information content (AvgIpc) is 2.10. The van der Waals surface area contributed by atoms with Gasteiger partial charge in [-0.3, -0.25) is 0 Å². The largest absolute Gasteiger partial charge is 0.399 e. The van der Waals surface area contributed by atoms with Gasteiger partial charge in [-0.05, 0) is 24.1 Å². The highest BCUT2D eigenvalue weighted by Gasteiger charge is 2.05. The molecule has 3 heteroatoms. The molecule has 13 heavy (non-hydrogen) atoms. The number of nitrogen functional groups attached to an aromatic ring is 1. The van der Waals surface area contributed by atoms with Gasteiger partial charge in [-0.1, -0.05) is 12.1 Å². The molecule has 0 aliphatic rings. The Bertz CT molecular complexity index is 286. The molecule has 0 fully saturated rings. The summed E-state index contributed by atoms with van der Waals surface area (Å²) in [5, 5.41) is 0. The first-order chi connectivity index (χ1) is 6.15. The lowest BCUT2D eigenvalue weighted by Gasteiger charge is -2.12. The number of hydrogen-bond acceptors (Lipinski definition) is 3. The number of benzene rings is 1. The van der Waals surface area contributed by atoms with Crippen molar-refractivity contribution in [1.29, 1.82) is 0 Å². The van der Waals surface area contributed by atoms with Crippen molar-refractivity contribution in [3.63, 3.8) is 0 Å². The van der Waals surface area contributed by atoms with Crippen LogP contribution in [0.25, 0.3) is 0 Å². The Morgan fingerprint density at radius 2 is 2.15 bits per heavy atom. The zero-order chi connectivity index (χ0) is 9.84. The van der Waals surface area contributed by atoms with E-state index >= 15 is 0 Å². The fraction of sp³-hybridized carbons (Fsp3) is 0.400. The summed E-state index contributed by atoms with van der Waals surface area (Å²) in [5.41, 5.74) is 14.5. The molecule has 0 heterocycles. The summed E-state index contributed by atoms with van der Waals surface area (Å²) in [5.74, 6) is 0. The molecule has 0 bridgehead atoms. The molecule has 0 spiro atoms. The van der Waals surface area contributed by atoms with Gasteiger partial charge in [0.2, 0.25) is 0 Å². The quantitative estimate of drug-likeness (QED) is 0.687. The summed E-state index contributed by atoms with van der Waals surface area (Å²) >= 11 is 0. The van der Waals surface area contributed by atoms with Gasteiger partial charge >= 0.3 is 0 Å². The summed E-state index contributed by atoms with van der Waals surface area (Å²) < 4.78 is 4.97. The van der Waals surface area contributed by atoms with Crippen molar-refractivity contribution in [3.05, 3.63) is 29.3 Å². The monoisotopic (exact) mass is 180 g/mol. The van der Waals surface area contributed by atoms with Gasteiger partial charge in [-0.15, -0.1) is 0 Å². The molecular weight excluding hydrogens is 164 g/mol. The lowest BCUT2D eigenvalue weighted by Crippen LogP contribution is -2.16. The van der Waals surface area contributed by atoms with E-state index in [0.717, 1.165) is 16.8 Å². The van der Waals surface area contributed by atoms with E-state index in [1.807, 2.05) is 25.1 Å². The smallest absolute Gasteiger partial charge is 0.0655 e. The van der Waals surface area contributed by atoms with Gasteiger partial charge in [0.05, 0.1) is 12.6 Å². The van der Waals surface area contributed by atoms with Crippen LogP contribution in [-0.2, 0) is 4.74 Å². The van der Waals surface area contributed by atoms with Crippen molar-refractivity contribution >= 4 is 5.69 Å². The van der Waals surface area contributed by atoms with Crippen LogP contribution < -0.4 is 11.5 Å². The second kappa shape index (κ2) is 4.25. The Morgan fingerprint density at radius 3 is 2.69 bits per heavy atom. The van der Waals surface area contributed by atoms with Crippen molar-refractivity contribution in [2.75, 3.05) is 19.5 Å². The number of rotatable bonds is 3. The van der Waals surface area contributed by atoms with Crippen LogP contribution in [0.3, 0.4) is 0 Å². The molecule has 0 unspecified atom stereocenters. The molecule has 0 saturated carbocycles. The van der Waals surface area contributed by atoms with Gasteiger partial charge in [-0.25, -0.2) is 0 Å². The van der Waals surface area contributed by atoms with Crippen molar-refractivity contribution in [2.24, 2.45) is 5.73 Å². The first-order valence-corrected chi connectivity index (χ1v) is 4.25. The van der Waals surface area contributed by atoms with Gasteiger partial charge in [0, 0.05) is 12.8 Å². The minimum atomic E-state index is -0.0655. The van der Waals surface area contributed by atoms with E-state index in [0.29, 0.717) is 6.61 Å². The highest BCUT2D eigenvalue weighted by Crippen LogP contribution is 2.17. The number of ether oxygens (including phenoxy) is 1. The maximum absolute atomic E-state index is 5.86. The van der Waals surface area contributed by atoms with Crippen molar-refractivity contribution in [3.8, 4) is 0 Å². The fourth-order valence-electron chi connectivity index (χ4n) is 1.21. The molecular formula is C10H16N2O. The second-order valence-corrected chi connectivity index (χ2v) is 3.18. The molecule has 1 atom stereocenters. The molecule has 3 nitrogen and oxygen atoms in total. The van der Waals surface area contributed by atoms with E-state index in [1.165, 1.54) is 0 Å². The average molecular weight is 180 g/mol. The number of hydrogen-bond donors (Lipinski definition) is 2. The Balaban J connectivity index is 2.84. The molecule has 1 aromatic carbocycles. The SMILES string of the molecule is COC[C@H](N)c1ccc(N)c(C)c1. The minimum absolute atomic E-state index is 0.0655. The zero-order valence-corrected chi connectivity index (χ0v) is 8.08. The molecule has 1 rings (SSSR count). The molecule has 0 saturated heterocycles. The lowest BCUT2D eigenvalue weighted by molar-refractivity contribution is 0.181. The fourth-order valence-corrected chi connectivity index (χ4v) is 1.21. The van der Waals surface area contributed by atoms with E-state index < -0.39 is 0 Å². The Kier molecular flexibility index (Phi) is 3.28. The maximum Gasteiger partial charge on any atom is 0.0655 e. The van der Waals surface area contributed by atoms with E-state index in [4.69, 9.17) is 16.2 Å². The van der Waals surface area contributed by atoms with Crippen molar-refractivity contribution in [1.82, 2.24) is 0 Å². The predicted molar refractivity (Wildman–Crippen MR) is 54.4 cm³/mol. The van der Waals surface area contributed by atoms with Gasteiger partial charge in [0.25, 0.3) is 0 Å². The van der Waals surface area contributed by atoms with Crippen LogP contribution in [0.15, 0.2) is 18.2 Å². The number of anilines is 1. The van der Waals surface area contributed by atoms with Gasteiger partial charge in [-0.2, -0.15) is 0 Å². The summed E-state index contributed by atoms with van der Waals surface area (Å²) in [4.78, 5) is 0. The zero-order valence-electron chi connectivity index (χ0n) is 8.08. The number of aryl methyl sites for hydroxylation is 1. The lowest BCUT2D eigenvalue weighted by atomic mass is 10.0. The third-order valence-electron chi connectivity index (χ3n) is 2.07. The summed E-state index contributed by atoms with van der Waals surface area (Å²) in [6.07, 6.45) is 0. The van der Waals surface area contributed by atoms with Crippen LogP contribution in [-0.4, -0.2) is 13.7 Å². The summed E-state index contributed by atoms with van der Waals surface area (Å²) in [6.45, 7) is 2.50. The standard InChI is InChI=1S/C10H16N2O/c1-7-5-8(3-4-9(7)11)10(12)6-13-2/h3-5,10H,6,11-12H2,1-2H3/t10-/m0/s1. The molecule has 0 amide bonds. The third-order valence-corrected chi connectivity index (χ3v) is 2.07. The van der Waals surface area contributed by atoms with Crippen molar-refractivity contribution in [2.45, 2.75) is 13.0 Å². The number of nitrogens with two attached hydrogens (primary N) is 2. The summed E-state index contributed by atoms with van der Waals surface area (Å²) in [6, 6.07) is 5.75. The van der Waals surface area contributed by atoms with Crippen LogP contribution >= 0.6 is 0 Å². The van der Waals surface area contributed by atoms with Crippen LogP contribution in [0.5, 0.6) is 0 Å². The highest BCUT2D eigenvalue weighted by molar-refractivity contribution is 5.48. The Morgan fingerprint density at radius 1 is 1.46 bits per heavy atom. The Hall–Kier alpha value is -1.06. The van der Waals surface area contributed by atoms with Crippen LogP contribution in [0.2, 0.25) is 0 Å². The van der Waals surface area contributed by atoms with Crippen molar-refractivity contribution < 1.29 is 4.74 Å². The van der Waals surface area contributed by atoms with E-state index in [9.17, 15) is 0 Å². The normalized spacial score (nSPS) is 12.8. The van der Waals surface area contributed by atoms with E-state index in [-0.39, 0.29) is 6.04 Å². The highest BCUT2D eigenvalue weighted by atomic mass is 16.5. The first kappa shape index (κ1) is 10.0. The topological polar surface area (TPSA) is 61.3 Å². The molecule has 0 radical (unpaired) electrons. The molecule has 1 aromatic rings. The first-order valence-electron chi connectivity index (χ1n) is 4.25. The minimum Gasteiger partial charge on any atom is -0.399 e. The predicted octanol–water partition coefficient (Wildman–Crippen LogP) is 1.22. The number of methoxy groups -OCH3 is 1. The van der Waals surface area contributed by atoms with E-state index in [1.54, 1.807) is 7.11 Å². The van der Waals surface area contributed by atoms with Gasteiger partial charge < -0.3 is 16.2 Å². The van der Waals surface area contributed by atoms with Crippen LogP contribution in [0, 0.1) is 6.92 Å². The van der Waals surface area contributed by atoms with Gasteiger partial charge in [0.15, 0.2) is 0 Å².